The van der Waals surface area contributed by atoms with Gasteiger partial charge in [-0.05, 0) is 37.8 Å². The molecular formula is C17H26N2O2. The Bertz CT molecular complexity index is 434. The SMILES string of the molecule is CCCC1CC(C(=O)N(CCC)c2cccnc2)CCO1. The number of ether oxygens (including phenoxy) is 1. The lowest BCUT2D eigenvalue weighted by atomic mass is 9.92. The summed E-state index contributed by atoms with van der Waals surface area (Å²) in [6.07, 6.45) is 8.54. The second-order valence-electron chi connectivity index (χ2n) is 5.70. The summed E-state index contributed by atoms with van der Waals surface area (Å²) in [5.74, 6) is 0.316. The van der Waals surface area contributed by atoms with E-state index in [1.165, 1.54) is 0 Å². The zero-order chi connectivity index (χ0) is 15.1. The van der Waals surface area contributed by atoms with Crippen LogP contribution in [0.1, 0.15) is 46.0 Å². The zero-order valence-corrected chi connectivity index (χ0v) is 13.1. The van der Waals surface area contributed by atoms with Gasteiger partial charge in [0.15, 0.2) is 0 Å². The fourth-order valence-corrected chi connectivity index (χ4v) is 2.95. The minimum Gasteiger partial charge on any atom is -0.378 e. The number of hydrogen-bond donors (Lipinski definition) is 0. The Morgan fingerprint density at radius 3 is 2.95 bits per heavy atom. The second kappa shape index (κ2) is 8.13. The van der Waals surface area contributed by atoms with Crippen LogP contribution in [0.4, 0.5) is 5.69 Å². The second-order valence-corrected chi connectivity index (χ2v) is 5.70. The number of rotatable bonds is 6. The van der Waals surface area contributed by atoms with Crippen molar-refractivity contribution >= 4 is 11.6 Å². The van der Waals surface area contributed by atoms with Crippen molar-refractivity contribution in [3.63, 3.8) is 0 Å². The maximum atomic E-state index is 12.9. The maximum absolute atomic E-state index is 12.9. The van der Waals surface area contributed by atoms with Crippen LogP contribution in [0, 0.1) is 5.92 Å². The topological polar surface area (TPSA) is 42.4 Å². The Morgan fingerprint density at radius 1 is 1.43 bits per heavy atom. The summed E-state index contributed by atoms with van der Waals surface area (Å²) in [7, 11) is 0. The molecule has 2 heterocycles. The third-order valence-corrected chi connectivity index (χ3v) is 4.00. The first kappa shape index (κ1) is 16.0. The number of carbonyl (C=O) groups is 1. The lowest BCUT2D eigenvalue weighted by Crippen LogP contribution is -2.41. The van der Waals surface area contributed by atoms with E-state index in [0.717, 1.165) is 44.3 Å². The van der Waals surface area contributed by atoms with Gasteiger partial charge in [0.05, 0.1) is 18.0 Å². The van der Waals surface area contributed by atoms with Gasteiger partial charge in [-0.15, -0.1) is 0 Å². The third kappa shape index (κ3) is 4.27. The summed E-state index contributed by atoms with van der Waals surface area (Å²) in [5.41, 5.74) is 0.905. The monoisotopic (exact) mass is 290 g/mol. The first-order valence-electron chi connectivity index (χ1n) is 8.09. The highest BCUT2D eigenvalue weighted by Crippen LogP contribution is 2.27. The number of aromatic nitrogens is 1. The molecule has 116 valence electrons. The minimum atomic E-state index is 0.0852. The standard InChI is InChI=1S/C17H26N2O2/c1-3-6-16-12-14(8-11-21-16)17(20)19(10-4-2)15-7-5-9-18-13-15/h5,7,9,13-14,16H,3-4,6,8,10-12H2,1-2H3. The fourth-order valence-electron chi connectivity index (χ4n) is 2.95. The molecule has 0 spiro atoms. The van der Waals surface area contributed by atoms with Gasteiger partial charge in [0, 0.05) is 25.3 Å². The van der Waals surface area contributed by atoms with E-state index in [1.807, 2.05) is 17.0 Å². The van der Waals surface area contributed by atoms with Gasteiger partial charge >= 0.3 is 0 Å². The number of anilines is 1. The van der Waals surface area contributed by atoms with Crippen LogP contribution in [0.15, 0.2) is 24.5 Å². The first-order chi connectivity index (χ1) is 10.3. The highest BCUT2D eigenvalue weighted by molar-refractivity contribution is 5.94. The molecule has 2 unspecified atom stereocenters. The summed E-state index contributed by atoms with van der Waals surface area (Å²) in [6, 6.07) is 3.85. The van der Waals surface area contributed by atoms with Crippen molar-refractivity contribution in [3.8, 4) is 0 Å². The summed E-state index contributed by atoms with van der Waals surface area (Å²) in [5, 5.41) is 0. The molecule has 1 aliphatic heterocycles. The van der Waals surface area contributed by atoms with E-state index < -0.39 is 0 Å². The Hall–Kier alpha value is -1.42. The van der Waals surface area contributed by atoms with E-state index in [0.29, 0.717) is 6.61 Å². The largest absolute Gasteiger partial charge is 0.378 e. The van der Waals surface area contributed by atoms with Crippen molar-refractivity contribution in [2.24, 2.45) is 5.92 Å². The summed E-state index contributed by atoms with van der Waals surface area (Å²) < 4.78 is 5.76. The van der Waals surface area contributed by atoms with Gasteiger partial charge in [-0.1, -0.05) is 20.3 Å². The first-order valence-corrected chi connectivity index (χ1v) is 8.09. The van der Waals surface area contributed by atoms with Gasteiger partial charge in [-0.2, -0.15) is 0 Å². The molecule has 0 radical (unpaired) electrons. The van der Waals surface area contributed by atoms with Gasteiger partial charge < -0.3 is 9.64 Å². The Labute approximate surface area is 127 Å². The van der Waals surface area contributed by atoms with Crippen LogP contribution in [0.3, 0.4) is 0 Å². The predicted molar refractivity (Wildman–Crippen MR) is 84.3 cm³/mol. The fraction of sp³-hybridized carbons (Fsp3) is 0.647. The molecule has 4 nitrogen and oxygen atoms in total. The van der Waals surface area contributed by atoms with E-state index in [1.54, 1.807) is 12.4 Å². The Morgan fingerprint density at radius 2 is 2.29 bits per heavy atom. The quantitative estimate of drug-likeness (QED) is 0.806. The number of carbonyl (C=O) groups excluding carboxylic acids is 1. The van der Waals surface area contributed by atoms with Gasteiger partial charge in [-0.25, -0.2) is 0 Å². The Kier molecular flexibility index (Phi) is 6.18. The van der Waals surface area contributed by atoms with Gasteiger partial charge in [-0.3, -0.25) is 9.78 Å². The normalized spacial score (nSPS) is 22.0. The molecule has 0 aromatic carbocycles. The summed E-state index contributed by atoms with van der Waals surface area (Å²) >= 11 is 0. The maximum Gasteiger partial charge on any atom is 0.230 e. The minimum absolute atomic E-state index is 0.0852. The zero-order valence-electron chi connectivity index (χ0n) is 13.1. The molecule has 2 rings (SSSR count). The molecule has 1 aliphatic rings. The molecule has 2 atom stereocenters. The number of pyridine rings is 1. The lowest BCUT2D eigenvalue weighted by molar-refractivity contribution is -0.127. The van der Waals surface area contributed by atoms with E-state index in [2.05, 4.69) is 18.8 Å². The van der Waals surface area contributed by atoms with Crippen molar-refractivity contribution in [1.82, 2.24) is 4.98 Å². The third-order valence-electron chi connectivity index (χ3n) is 4.00. The van der Waals surface area contributed by atoms with Crippen molar-refractivity contribution in [1.29, 1.82) is 0 Å². The number of hydrogen-bond acceptors (Lipinski definition) is 3. The highest BCUT2D eigenvalue weighted by atomic mass is 16.5. The van der Waals surface area contributed by atoms with E-state index >= 15 is 0 Å². The van der Waals surface area contributed by atoms with E-state index in [4.69, 9.17) is 4.74 Å². The molecule has 0 saturated carbocycles. The summed E-state index contributed by atoms with van der Waals surface area (Å²) in [4.78, 5) is 18.9. The smallest absolute Gasteiger partial charge is 0.230 e. The van der Waals surface area contributed by atoms with Crippen LogP contribution in [0.2, 0.25) is 0 Å². The molecule has 1 aromatic heterocycles. The molecule has 1 aromatic rings. The molecule has 4 heteroatoms. The van der Waals surface area contributed by atoms with E-state index in [9.17, 15) is 4.79 Å². The van der Waals surface area contributed by atoms with Crippen LogP contribution in [0.25, 0.3) is 0 Å². The van der Waals surface area contributed by atoms with Crippen LogP contribution in [-0.2, 0) is 9.53 Å². The van der Waals surface area contributed by atoms with Crippen molar-refractivity contribution < 1.29 is 9.53 Å². The van der Waals surface area contributed by atoms with Crippen molar-refractivity contribution in [3.05, 3.63) is 24.5 Å². The van der Waals surface area contributed by atoms with Gasteiger partial charge in [0.1, 0.15) is 0 Å². The van der Waals surface area contributed by atoms with E-state index in [-0.39, 0.29) is 17.9 Å². The Balaban J connectivity index is 2.07. The average Bonchev–Trinajstić information content (AvgIpc) is 2.53. The number of nitrogens with zero attached hydrogens (tertiary/aromatic N) is 2. The predicted octanol–water partition coefficient (Wildman–Crippen LogP) is 3.42. The van der Waals surface area contributed by atoms with Crippen molar-refractivity contribution in [2.45, 2.75) is 52.1 Å². The molecule has 1 saturated heterocycles. The molecule has 0 bridgehead atoms. The van der Waals surface area contributed by atoms with Gasteiger partial charge in [0.25, 0.3) is 0 Å². The highest BCUT2D eigenvalue weighted by Gasteiger charge is 2.30. The molecule has 1 amide bonds. The van der Waals surface area contributed by atoms with Crippen LogP contribution >= 0.6 is 0 Å². The summed E-state index contributed by atoms with van der Waals surface area (Å²) in [6.45, 7) is 5.71. The molecule has 1 fully saturated rings. The molecule has 0 N–H and O–H groups in total. The van der Waals surface area contributed by atoms with Crippen LogP contribution in [-0.4, -0.2) is 30.1 Å². The number of amides is 1. The van der Waals surface area contributed by atoms with Crippen LogP contribution < -0.4 is 4.90 Å². The lowest BCUT2D eigenvalue weighted by Gasteiger charge is -2.32. The molecule has 0 aliphatic carbocycles. The average molecular weight is 290 g/mol. The molecule has 21 heavy (non-hydrogen) atoms. The van der Waals surface area contributed by atoms with Crippen molar-refractivity contribution in [2.75, 3.05) is 18.1 Å². The molecular weight excluding hydrogens is 264 g/mol. The van der Waals surface area contributed by atoms with Gasteiger partial charge in [0.2, 0.25) is 5.91 Å². The van der Waals surface area contributed by atoms with Crippen LogP contribution in [0.5, 0.6) is 0 Å².